The van der Waals surface area contributed by atoms with Crippen LogP contribution < -0.4 is 20.3 Å². The van der Waals surface area contributed by atoms with Gasteiger partial charge in [-0.3, -0.25) is 34.2 Å². The Morgan fingerprint density at radius 3 is 2.46 bits per heavy atom. The predicted molar refractivity (Wildman–Crippen MR) is 201 cm³/mol. The molecule has 3 saturated heterocycles. The number of hydrogen-bond donors (Lipinski definition) is 3. The van der Waals surface area contributed by atoms with E-state index in [-0.39, 0.29) is 52.4 Å². The Hall–Kier alpha value is -6.23. The van der Waals surface area contributed by atoms with Crippen LogP contribution in [-0.4, -0.2) is 104 Å². The van der Waals surface area contributed by atoms with Crippen molar-refractivity contribution in [2.45, 2.75) is 37.5 Å². The Morgan fingerprint density at radius 2 is 1.70 bits per heavy atom. The summed E-state index contributed by atoms with van der Waals surface area (Å²) in [5.74, 6) is -1.14. The largest absolute Gasteiger partial charge is 0.457 e. The van der Waals surface area contributed by atoms with Gasteiger partial charge < -0.3 is 19.9 Å². The zero-order valence-electron chi connectivity index (χ0n) is 29.6. The number of nitrogens with zero attached hydrogens (tertiary/aromatic N) is 6. The van der Waals surface area contributed by atoms with E-state index in [0.717, 1.165) is 4.90 Å². The van der Waals surface area contributed by atoms with Crippen molar-refractivity contribution < 1.29 is 33.1 Å². The van der Waals surface area contributed by atoms with Crippen LogP contribution in [0.3, 0.4) is 0 Å². The molecule has 3 unspecified atom stereocenters. The van der Waals surface area contributed by atoms with E-state index in [0.29, 0.717) is 60.3 Å². The maximum Gasteiger partial charge on any atom is 0.262 e. The van der Waals surface area contributed by atoms with Crippen LogP contribution >= 0.6 is 11.6 Å². The van der Waals surface area contributed by atoms with Crippen molar-refractivity contribution in [1.29, 1.82) is 0 Å². The number of ether oxygens (including phenoxy) is 1. The van der Waals surface area contributed by atoms with Gasteiger partial charge in [-0.15, -0.1) is 0 Å². The fraction of sp³-hybridized carbons (Fsp3) is 0.256. The number of rotatable bonds is 9. The Labute approximate surface area is 323 Å². The van der Waals surface area contributed by atoms with Gasteiger partial charge in [0.1, 0.15) is 41.5 Å². The van der Waals surface area contributed by atoms with E-state index >= 15 is 4.39 Å². The lowest BCUT2D eigenvalue weighted by atomic mass is 10.0. The number of nitrogens with one attached hydrogen (secondary N) is 3. The molecule has 2 aromatic heterocycles. The number of benzene rings is 3. The highest BCUT2D eigenvalue weighted by Gasteiger charge is 2.45. The molecular weight excluding hydrogens is 745 g/mol. The summed E-state index contributed by atoms with van der Waals surface area (Å²) in [5, 5.41) is 10.0. The third kappa shape index (κ3) is 6.30. The smallest absolute Gasteiger partial charge is 0.262 e. The molecule has 3 aromatic carbocycles. The number of H-pyrrole nitrogens is 1. The lowest BCUT2D eigenvalue weighted by Gasteiger charge is -2.51. The first kappa shape index (κ1) is 35.5. The summed E-state index contributed by atoms with van der Waals surface area (Å²) in [4.78, 5) is 78.9. The first-order valence-corrected chi connectivity index (χ1v) is 18.4. The fourth-order valence-corrected chi connectivity index (χ4v) is 7.86. The second-order valence-electron chi connectivity index (χ2n) is 14.0. The number of halogens is 2. The zero-order valence-corrected chi connectivity index (χ0v) is 30.3. The molecule has 3 atom stereocenters. The molecular formula is C39H33ClFN9O6. The van der Waals surface area contributed by atoms with Gasteiger partial charge in [-0.1, -0.05) is 29.8 Å². The van der Waals surface area contributed by atoms with Crippen molar-refractivity contribution in [2.24, 2.45) is 0 Å². The molecule has 284 valence electrons. The van der Waals surface area contributed by atoms with Gasteiger partial charge in [-0.2, -0.15) is 0 Å². The Bertz CT molecular complexity index is 2440. The molecule has 17 heteroatoms. The van der Waals surface area contributed by atoms with E-state index in [9.17, 15) is 24.0 Å². The Morgan fingerprint density at radius 1 is 0.893 bits per heavy atom. The maximum atomic E-state index is 15.9. The molecule has 56 heavy (non-hydrogen) atoms. The van der Waals surface area contributed by atoms with Gasteiger partial charge in [0.05, 0.1) is 46.5 Å². The summed E-state index contributed by atoms with van der Waals surface area (Å²) < 4.78 is 21.7. The molecule has 0 aliphatic carbocycles. The summed E-state index contributed by atoms with van der Waals surface area (Å²) in [7, 11) is 0. The normalized spacial score (nSPS) is 21.6. The second kappa shape index (κ2) is 14.1. The fourth-order valence-electron chi connectivity index (χ4n) is 7.60. The number of aromatic amines is 1. The van der Waals surface area contributed by atoms with Crippen molar-refractivity contribution in [2.75, 3.05) is 36.6 Å². The molecule has 0 saturated carbocycles. The predicted octanol–water partition coefficient (Wildman–Crippen LogP) is 4.51. The molecule has 0 bridgehead atoms. The highest BCUT2D eigenvalue weighted by molar-refractivity contribution is 6.36. The first-order chi connectivity index (χ1) is 27.1. The van der Waals surface area contributed by atoms with Crippen LogP contribution in [-0.2, 0) is 9.59 Å². The molecule has 9 rings (SSSR count). The lowest BCUT2D eigenvalue weighted by molar-refractivity contribution is -0.136. The number of imide groups is 2. The Kier molecular flexibility index (Phi) is 8.95. The van der Waals surface area contributed by atoms with Crippen molar-refractivity contribution in [3.8, 4) is 11.5 Å². The van der Waals surface area contributed by atoms with Crippen LogP contribution in [0.15, 0.2) is 79.3 Å². The van der Waals surface area contributed by atoms with Gasteiger partial charge in [0, 0.05) is 43.0 Å². The number of carbonyl (C=O) groups excluding carboxylic acids is 5. The summed E-state index contributed by atoms with van der Waals surface area (Å²) in [6.07, 6.45) is 2.18. The number of para-hydroxylation sites is 1. The topological polar surface area (TPSA) is 173 Å². The van der Waals surface area contributed by atoms with Crippen LogP contribution in [0.5, 0.6) is 11.5 Å². The van der Waals surface area contributed by atoms with Gasteiger partial charge in [-0.05, 0) is 55.3 Å². The SMILES string of the molecule is O=C1CCC(N2C(=O)c3ccc(N4CN(N5CCC(Nc6ncnc7[nH]cc(C(=O)c8ccc(Oc9ccccc9)cc8Cl)c67)C(F)C5)C4)cc3C2=O)C(=O)N1. The summed E-state index contributed by atoms with van der Waals surface area (Å²) in [5.41, 5.74) is 2.09. The quantitative estimate of drug-likeness (QED) is 0.141. The average molecular weight is 778 g/mol. The van der Waals surface area contributed by atoms with Gasteiger partial charge in [0.15, 0.2) is 5.78 Å². The van der Waals surface area contributed by atoms with Crippen molar-refractivity contribution in [3.63, 3.8) is 0 Å². The molecule has 15 nitrogen and oxygen atoms in total. The van der Waals surface area contributed by atoms with E-state index in [1.165, 1.54) is 6.33 Å². The average Bonchev–Trinajstić information content (AvgIpc) is 3.71. The molecule has 4 amide bonds. The minimum Gasteiger partial charge on any atom is -0.457 e. The number of aromatic nitrogens is 3. The van der Waals surface area contributed by atoms with Crippen LogP contribution in [0.2, 0.25) is 5.02 Å². The van der Waals surface area contributed by atoms with Gasteiger partial charge >= 0.3 is 0 Å². The van der Waals surface area contributed by atoms with E-state index < -0.39 is 41.9 Å². The number of hydrogen-bond acceptors (Lipinski definition) is 12. The molecule has 4 aliphatic heterocycles. The monoisotopic (exact) mass is 777 g/mol. The maximum absolute atomic E-state index is 15.9. The number of hydrazine groups is 1. The number of anilines is 2. The molecule has 3 N–H and O–H groups in total. The van der Waals surface area contributed by atoms with Gasteiger partial charge in [0.25, 0.3) is 11.8 Å². The molecule has 0 spiro atoms. The lowest BCUT2D eigenvalue weighted by Crippen LogP contribution is -2.65. The second-order valence-corrected chi connectivity index (χ2v) is 14.4. The van der Waals surface area contributed by atoms with Crippen LogP contribution in [0.25, 0.3) is 11.0 Å². The summed E-state index contributed by atoms with van der Waals surface area (Å²) in [6, 6.07) is 17.4. The Balaban J connectivity index is 0.833. The summed E-state index contributed by atoms with van der Waals surface area (Å²) >= 11 is 6.58. The number of piperidine rings is 2. The number of ketones is 1. The van der Waals surface area contributed by atoms with E-state index in [4.69, 9.17) is 16.3 Å². The van der Waals surface area contributed by atoms with Crippen LogP contribution in [0.1, 0.15) is 55.9 Å². The van der Waals surface area contributed by atoms with Crippen molar-refractivity contribution in [1.82, 2.24) is 35.2 Å². The molecule has 5 aromatic rings. The van der Waals surface area contributed by atoms with Gasteiger partial charge in [0.2, 0.25) is 11.8 Å². The number of amides is 4. The van der Waals surface area contributed by atoms with Crippen molar-refractivity contribution in [3.05, 3.63) is 107 Å². The highest BCUT2D eigenvalue weighted by Crippen LogP contribution is 2.35. The van der Waals surface area contributed by atoms with Crippen molar-refractivity contribution >= 4 is 63.6 Å². The summed E-state index contributed by atoms with van der Waals surface area (Å²) in [6.45, 7) is 1.53. The van der Waals surface area contributed by atoms with Crippen LogP contribution in [0.4, 0.5) is 15.9 Å². The highest BCUT2D eigenvalue weighted by atomic mass is 35.5. The van der Waals surface area contributed by atoms with E-state index in [1.54, 1.807) is 42.6 Å². The minimum absolute atomic E-state index is 0.0450. The van der Waals surface area contributed by atoms with E-state index in [2.05, 4.69) is 25.6 Å². The first-order valence-electron chi connectivity index (χ1n) is 18.0. The molecule has 3 fully saturated rings. The minimum atomic E-state index is -1.28. The third-order valence-corrected chi connectivity index (χ3v) is 10.9. The molecule has 0 radical (unpaired) electrons. The third-order valence-electron chi connectivity index (χ3n) is 10.6. The van der Waals surface area contributed by atoms with E-state index in [1.807, 2.05) is 45.2 Å². The van der Waals surface area contributed by atoms with Crippen LogP contribution in [0, 0.1) is 0 Å². The molecule has 4 aliphatic rings. The molecule has 6 heterocycles. The standard InChI is InChI=1S/C39H33ClFN9O6/c40-28-15-23(56-22-4-2-1-3-5-22)7-9-25(28)34(52)27-16-42-35-33(27)36(44-18-43-35)45-30-12-13-48(17-29(30)41)49-19-47(20-49)21-6-8-24-26(14-21)39(55)50(38(24)54)31-10-11-32(51)46-37(31)53/h1-9,14-16,18,29-31H,10-13,17,19-20H2,(H,46,51,53)(H2,42,43,44,45). The zero-order chi connectivity index (χ0) is 38.7. The number of fused-ring (bicyclic) bond motifs is 2. The van der Waals surface area contributed by atoms with Gasteiger partial charge in [-0.25, -0.2) is 24.4 Å². The number of carbonyl (C=O) groups is 5. The number of alkyl halides is 1.